The Labute approximate surface area is 133 Å². The van der Waals surface area contributed by atoms with Crippen LogP contribution in [0, 0.1) is 0 Å². The Morgan fingerprint density at radius 2 is 2.05 bits per heavy atom. The summed E-state index contributed by atoms with van der Waals surface area (Å²) in [6, 6.07) is 12.4. The van der Waals surface area contributed by atoms with Crippen molar-refractivity contribution in [2.75, 3.05) is 0 Å². The van der Waals surface area contributed by atoms with Crippen molar-refractivity contribution >= 4 is 27.3 Å². The maximum Gasteiger partial charge on any atom is 0.148 e. The Kier molecular flexibility index (Phi) is 5.64. The second kappa shape index (κ2) is 7.25. The van der Waals surface area contributed by atoms with Crippen molar-refractivity contribution in [2.45, 2.75) is 38.8 Å². The van der Waals surface area contributed by atoms with E-state index in [1.54, 1.807) is 11.3 Å². The van der Waals surface area contributed by atoms with Crippen molar-refractivity contribution in [3.05, 3.63) is 50.6 Å². The average molecular weight is 354 g/mol. The van der Waals surface area contributed by atoms with Gasteiger partial charge in [-0.1, -0.05) is 26.0 Å². The molecule has 0 aliphatic rings. The number of ether oxygens (including phenoxy) is 1. The zero-order chi connectivity index (χ0) is 14.5. The summed E-state index contributed by atoms with van der Waals surface area (Å²) < 4.78 is 7.28. The zero-order valence-electron chi connectivity index (χ0n) is 11.8. The second-order valence-electron chi connectivity index (χ2n) is 4.75. The molecule has 1 aromatic carbocycles. The Bertz CT molecular complexity index is 555. The zero-order valence-corrected chi connectivity index (χ0v) is 14.2. The Morgan fingerprint density at radius 3 is 2.65 bits per heavy atom. The van der Waals surface area contributed by atoms with E-state index in [-0.39, 0.29) is 12.1 Å². The first-order valence-corrected chi connectivity index (χ1v) is 8.51. The van der Waals surface area contributed by atoms with Crippen molar-refractivity contribution in [2.24, 2.45) is 5.73 Å². The van der Waals surface area contributed by atoms with Gasteiger partial charge in [0.25, 0.3) is 0 Å². The van der Waals surface area contributed by atoms with Gasteiger partial charge in [0.15, 0.2) is 0 Å². The molecule has 0 aliphatic heterocycles. The predicted octanol–water partition coefficient (Wildman–Crippen LogP) is 4.93. The minimum atomic E-state index is -0.0941. The Morgan fingerprint density at radius 1 is 1.25 bits per heavy atom. The van der Waals surface area contributed by atoms with E-state index in [0.29, 0.717) is 0 Å². The summed E-state index contributed by atoms with van der Waals surface area (Å²) in [5, 5.41) is 0. The summed E-state index contributed by atoms with van der Waals surface area (Å²) in [7, 11) is 0. The molecule has 0 spiro atoms. The molecular formula is C16H20BrNOS. The number of nitrogens with two attached hydrogens (primary N) is 1. The molecule has 0 saturated heterocycles. The summed E-state index contributed by atoms with van der Waals surface area (Å²) in [5.41, 5.74) is 7.52. The molecule has 0 aliphatic carbocycles. The topological polar surface area (TPSA) is 35.2 Å². The predicted molar refractivity (Wildman–Crippen MR) is 89.5 cm³/mol. The molecule has 20 heavy (non-hydrogen) atoms. The SMILES string of the molecule is CCc1cccc(OC(c2ccc(Br)s2)C(N)CC)c1. The number of halogens is 1. The number of hydrogen-bond acceptors (Lipinski definition) is 3. The highest BCUT2D eigenvalue weighted by Gasteiger charge is 2.22. The highest BCUT2D eigenvalue weighted by atomic mass is 79.9. The lowest BCUT2D eigenvalue weighted by Crippen LogP contribution is -2.30. The molecule has 2 aromatic rings. The van der Waals surface area contributed by atoms with E-state index in [1.807, 2.05) is 18.2 Å². The molecule has 0 radical (unpaired) electrons. The summed E-state index contributed by atoms with van der Waals surface area (Å²) in [6.07, 6.45) is 1.79. The summed E-state index contributed by atoms with van der Waals surface area (Å²) in [6.45, 7) is 4.23. The first kappa shape index (κ1) is 15.5. The standard InChI is InChI=1S/C16H20BrNOS/c1-3-11-6-5-7-12(10-11)19-16(13(18)4-2)14-8-9-15(17)20-14/h5-10,13,16H,3-4,18H2,1-2H3. The van der Waals surface area contributed by atoms with Gasteiger partial charge >= 0.3 is 0 Å². The largest absolute Gasteiger partial charge is 0.483 e. The molecule has 0 bridgehead atoms. The smallest absolute Gasteiger partial charge is 0.148 e. The van der Waals surface area contributed by atoms with E-state index >= 15 is 0 Å². The van der Waals surface area contributed by atoms with E-state index in [1.165, 1.54) is 5.56 Å². The van der Waals surface area contributed by atoms with E-state index in [4.69, 9.17) is 10.5 Å². The number of thiophene rings is 1. The minimum Gasteiger partial charge on any atom is -0.483 e. The number of benzene rings is 1. The van der Waals surface area contributed by atoms with Gasteiger partial charge in [0.2, 0.25) is 0 Å². The van der Waals surface area contributed by atoms with Gasteiger partial charge in [0.1, 0.15) is 11.9 Å². The molecule has 108 valence electrons. The van der Waals surface area contributed by atoms with Gasteiger partial charge < -0.3 is 10.5 Å². The highest BCUT2D eigenvalue weighted by molar-refractivity contribution is 9.11. The van der Waals surface area contributed by atoms with Crippen LogP contribution < -0.4 is 10.5 Å². The van der Waals surface area contributed by atoms with Crippen LogP contribution in [-0.2, 0) is 6.42 Å². The van der Waals surface area contributed by atoms with Crippen LogP contribution in [0.15, 0.2) is 40.2 Å². The quantitative estimate of drug-likeness (QED) is 0.798. The molecule has 4 heteroatoms. The van der Waals surface area contributed by atoms with Crippen molar-refractivity contribution in [3.8, 4) is 5.75 Å². The summed E-state index contributed by atoms with van der Waals surface area (Å²) >= 11 is 5.18. The van der Waals surface area contributed by atoms with Crippen LogP contribution in [0.5, 0.6) is 5.75 Å². The molecule has 0 fully saturated rings. The van der Waals surface area contributed by atoms with Gasteiger partial charge in [0, 0.05) is 10.9 Å². The third-order valence-electron chi connectivity index (χ3n) is 3.30. The first-order valence-electron chi connectivity index (χ1n) is 6.90. The van der Waals surface area contributed by atoms with Gasteiger partial charge in [-0.05, 0) is 58.6 Å². The lowest BCUT2D eigenvalue weighted by molar-refractivity contribution is 0.174. The molecule has 2 nitrogen and oxygen atoms in total. The van der Waals surface area contributed by atoms with Gasteiger partial charge in [0.05, 0.1) is 3.79 Å². The van der Waals surface area contributed by atoms with E-state index in [9.17, 15) is 0 Å². The second-order valence-corrected chi connectivity index (χ2v) is 7.25. The number of hydrogen-bond donors (Lipinski definition) is 1. The van der Waals surface area contributed by atoms with Crippen LogP contribution in [0.3, 0.4) is 0 Å². The van der Waals surface area contributed by atoms with E-state index in [0.717, 1.165) is 27.3 Å². The Hall–Kier alpha value is -0.840. The van der Waals surface area contributed by atoms with Crippen molar-refractivity contribution in [1.82, 2.24) is 0 Å². The number of aryl methyl sites for hydroxylation is 1. The third-order valence-corrected chi connectivity index (χ3v) is 4.99. The fourth-order valence-corrected chi connectivity index (χ4v) is 3.57. The van der Waals surface area contributed by atoms with Crippen LogP contribution >= 0.6 is 27.3 Å². The van der Waals surface area contributed by atoms with Gasteiger partial charge in [-0.3, -0.25) is 0 Å². The summed E-state index contributed by atoms with van der Waals surface area (Å²) in [4.78, 5) is 1.16. The monoisotopic (exact) mass is 353 g/mol. The molecule has 2 atom stereocenters. The highest BCUT2D eigenvalue weighted by Crippen LogP contribution is 2.33. The van der Waals surface area contributed by atoms with E-state index < -0.39 is 0 Å². The van der Waals surface area contributed by atoms with Crippen LogP contribution in [0.1, 0.15) is 36.8 Å². The molecule has 0 amide bonds. The van der Waals surface area contributed by atoms with Crippen LogP contribution in [-0.4, -0.2) is 6.04 Å². The number of rotatable bonds is 6. The molecule has 2 N–H and O–H groups in total. The van der Waals surface area contributed by atoms with Crippen molar-refractivity contribution < 1.29 is 4.74 Å². The van der Waals surface area contributed by atoms with Gasteiger partial charge in [-0.2, -0.15) is 0 Å². The fraction of sp³-hybridized carbons (Fsp3) is 0.375. The molecule has 2 rings (SSSR count). The molecule has 1 heterocycles. The third kappa shape index (κ3) is 3.84. The maximum atomic E-state index is 6.24. The van der Waals surface area contributed by atoms with Gasteiger partial charge in [-0.15, -0.1) is 11.3 Å². The van der Waals surface area contributed by atoms with Gasteiger partial charge in [-0.25, -0.2) is 0 Å². The molecule has 2 unspecified atom stereocenters. The molecular weight excluding hydrogens is 334 g/mol. The van der Waals surface area contributed by atoms with Crippen LogP contribution in [0.25, 0.3) is 0 Å². The first-order chi connectivity index (χ1) is 9.63. The minimum absolute atomic E-state index is 0.00849. The lowest BCUT2D eigenvalue weighted by atomic mass is 10.1. The fourth-order valence-electron chi connectivity index (χ4n) is 2.04. The normalized spacial score (nSPS) is 14.0. The van der Waals surface area contributed by atoms with Crippen molar-refractivity contribution in [3.63, 3.8) is 0 Å². The van der Waals surface area contributed by atoms with E-state index in [2.05, 4.69) is 48.0 Å². The van der Waals surface area contributed by atoms with Crippen molar-refractivity contribution in [1.29, 1.82) is 0 Å². The maximum absolute atomic E-state index is 6.24. The Balaban J connectivity index is 2.23. The molecule has 1 aromatic heterocycles. The molecule has 0 saturated carbocycles. The average Bonchev–Trinajstić information content (AvgIpc) is 2.90. The van der Waals surface area contributed by atoms with Crippen LogP contribution in [0.4, 0.5) is 0 Å². The summed E-state index contributed by atoms with van der Waals surface area (Å²) in [5.74, 6) is 0.891. The lowest BCUT2D eigenvalue weighted by Gasteiger charge is -2.23. The van der Waals surface area contributed by atoms with Crippen LogP contribution in [0.2, 0.25) is 0 Å².